The van der Waals surface area contributed by atoms with Gasteiger partial charge in [-0.25, -0.2) is 0 Å². The van der Waals surface area contributed by atoms with Gasteiger partial charge < -0.3 is 10.3 Å². The molecule has 0 fully saturated rings. The van der Waals surface area contributed by atoms with Crippen LogP contribution in [0.15, 0.2) is 30.3 Å². The topological polar surface area (TPSA) is 44.9 Å². The molecule has 1 amide bonds. The lowest BCUT2D eigenvalue weighted by Gasteiger charge is -1.96. The highest BCUT2D eigenvalue weighted by Gasteiger charge is 2.07. The van der Waals surface area contributed by atoms with E-state index in [0.29, 0.717) is 5.69 Å². The summed E-state index contributed by atoms with van der Waals surface area (Å²) in [5.41, 5.74) is 1.48. The second kappa shape index (κ2) is 3.89. The molecule has 1 aromatic carbocycles. The first kappa shape index (κ1) is 9.35. The molecule has 0 aliphatic heterocycles. The third kappa shape index (κ3) is 1.84. The van der Waals surface area contributed by atoms with Crippen molar-refractivity contribution in [2.75, 3.05) is 6.54 Å². The lowest BCUT2D eigenvalue weighted by molar-refractivity contribution is 0.0954. The van der Waals surface area contributed by atoms with Gasteiger partial charge in [0.15, 0.2) is 0 Å². The van der Waals surface area contributed by atoms with E-state index >= 15 is 0 Å². The zero-order chi connectivity index (χ0) is 10.7. The van der Waals surface area contributed by atoms with E-state index in [1.54, 1.807) is 6.07 Å². The molecule has 0 saturated carbocycles. The van der Waals surface area contributed by atoms with Gasteiger partial charge in [-0.3, -0.25) is 4.79 Å². The van der Waals surface area contributed by atoms with Crippen LogP contribution in [0.1, 0.15) is 10.5 Å². The molecule has 0 saturated heterocycles. The minimum absolute atomic E-state index is 0.177. The number of aromatic amines is 1. The van der Waals surface area contributed by atoms with Crippen LogP contribution in [-0.4, -0.2) is 17.4 Å². The Labute approximate surface area is 87.5 Å². The number of H-pyrrole nitrogens is 1. The summed E-state index contributed by atoms with van der Waals surface area (Å²) in [6, 6.07) is 9.53. The highest BCUT2D eigenvalue weighted by Crippen LogP contribution is 2.14. The number of aromatic nitrogens is 1. The van der Waals surface area contributed by atoms with Gasteiger partial charge in [-0.1, -0.05) is 24.1 Å². The standard InChI is InChI=1S/C12H10N2O/c1-2-7-13-12(15)11-8-9-5-3-4-6-10(9)14-11/h1,3-6,8,14H,7H2,(H,13,15). The first-order valence-corrected chi connectivity index (χ1v) is 4.60. The molecule has 0 spiro atoms. The number of hydrogen-bond donors (Lipinski definition) is 2. The molecule has 2 aromatic rings. The molecule has 0 radical (unpaired) electrons. The van der Waals surface area contributed by atoms with Gasteiger partial charge in [0.25, 0.3) is 5.91 Å². The summed E-state index contributed by atoms with van der Waals surface area (Å²) in [5, 5.41) is 3.62. The van der Waals surface area contributed by atoms with Crippen LogP contribution in [0.4, 0.5) is 0 Å². The number of para-hydroxylation sites is 1. The van der Waals surface area contributed by atoms with Crippen molar-refractivity contribution < 1.29 is 4.79 Å². The highest BCUT2D eigenvalue weighted by atomic mass is 16.1. The average molecular weight is 198 g/mol. The van der Waals surface area contributed by atoms with E-state index in [-0.39, 0.29) is 12.5 Å². The average Bonchev–Trinajstić information content (AvgIpc) is 2.69. The quantitative estimate of drug-likeness (QED) is 0.706. The van der Waals surface area contributed by atoms with Crippen LogP contribution >= 0.6 is 0 Å². The smallest absolute Gasteiger partial charge is 0.268 e. The monoisotopic (exact) mass is 198 g/mol. The number of rotatable bonds is 2. The number of benzene rings is 1. The van der Waals surface area contributed by atoms with Crippen molar-refractivity contribution in [2.24, 2.45) is 0 Å². The second-order valence-corrected chi connectivity index (χ2v) is 3.16. The van der Waals surface area contributed by atoms with Crippen molar-refractivity contribution in [3.05, 3.63) is 36.0 Å². The van der Waals surface area contributed by atoms with Gasteiger partial charge in [-0.05, 0) is 12.1 Å². The van der Waals surface area contributed by atoms with E-state index in [0.717, 1.165) is 10.9 Å². The van der Waals surface area contributed by atoms with E-state index in [9.17, 15) is 4.79 Å². The third-order valence-corrected chi connectivity index (χ3v) is 2.13. The molecule has 1 heterocycles. The van der Waals surface area contributed by atoms with Gasteiger partial charge in [0.1, 0.15) is 5.69 Å². The van der Waals surface area contributed by atoms with Crippen molar-refractivity contribution in [1.82, 2.24) is 10.3 Å². The fourth-order valence-electron chi connectivity index (χ4n) is 1.42. The van der Waals surface area contributed by atoms with E-state index in [1.807, 2.05) is 24.3 Å². The summed E-state index contributed by atoms with van der Waals surface area (Å²) < 4.78 is 0. The number of hydrogen-bond acceptors (Lipinski definition) is 1. The molecule has 3 heteroatoms. The van der Waals surface area contributed by atoms with Gasteiger partial charge in [-0.15, -0.1) is 6.42 Å². The summed E-state index contributed by atoms with van der Waals surface area (Å²) in [6.07, 6.45) is 5.06. The number of carbonyl (C=O) groups is 1. The Morgan fingerprint density at radius 3 is 3.00 bits per heavy atom. The predicted octanol–water partition coefficient (Wildman–Crippen LogP) is 1.53. The van der Waals surface area contributed by atoms with E-state index in [1.165, 1.54) is 0 Å². The van der Waals surface area contributed by atoms with Crippen LogP contribution in [0.25, 0.3) is 10.9 Å². The normalized spacial score (nSPS) is 9.80. The summed E-state index contributed by atoms with van der Waals surface area (Å²) in [7, 11) is 0. The fourth-order valence-corrected chi connectivity index (χ4v) is 1.42. The lowest BCUT2D eigenvalue weighted by Crippen LogP contribution is -2.23. The molecular formula is C12H10N2O. The van der Waals surface area contributed by atoms with Crippen molar-refractivity contribution >= 4 is 16.8 Å². The van der Waals surface area contributed by atoms with Crippen LogP contribution in [0.5, 0.6) is 0 Å². The van der Waals surface area contributed by atoms with E-state index < -0.39 is 0 Å². The Morgan fingerprint density at radius 2 is 2.27 bits per heavy atom. The summed E-state index contributed by atoms with van der Waals surface area (Å²) >= 11 is 0. The number of carbonyl (C=O) groups excluding carboxylic acids is 1. The Kier molecular flexibility index (Phi) is 2.42. The molecule has 0 aliphatic carbocycles. The molecule has 2 rings (SSSR count). The third-order valence-electron chi connectivity index (χ3n) is 2.13. The molecule has 0 atom stereocenters. The highest BCUT2D eigenvalue weighted by molar-refractivity contribution is 5.98. The number of fused-ring (bicyclic) bond motifs is 1. The fraction of sp³-hybridized carbons (Fsp3) is 0.0833. The van der Waals surface area contributed by atoms with Crippen molar-refractivity contribution in [3.8, 4) is 12.3 Å². The Hall–Kier alpha value is -2.21. The van der Waals surface area contributed by atoms with Crippen LogP contribution in [0.2, 0.25) is 0 Å². The summed E-state index contributed by atoms with van der Waals surface area (Å²) in [4.78, 5) is 14.6. The maximum Gasteiger partial charge on any atom is 0.268 e. The van der Waals surface area contributed by atoms with E-state index in [4.69, 9.17) is 6.42 Å². The molecule has 74 valence electrons. The van der Waals surface area contributed by atoms with Gasteiger partial charge in [0.2, 0.25) is 0 Å². The first-order valence-electron chi connectivity index (χ1n) is 4.60. The molecule has 2 N–H and O–H groups in total. The second-order valence-electron chi connectivity index (χ2n) is 3.16. The van der Waals surface area contributed by atoms with Gasteiger partial charge in [0, 0.05) is 10.9 Å². The maximum atomic E-state index is 11.5. The van der Waals surface area contributed by atoms with Crippen LogP contribution in [0, 0.1) is 12.3 Å². The van der Waals surface area contributed by atoms with Crippen molar-refractivity contribution in [2.45, 2.75) is 0 Å². The van der Waals surface area contributed by atoms with Gasteiger partial charge in [-0.2, -0.15) is 0 Å². The van der Waals surface area contributed by atoms with Gasteiger partial charge in [0.05, 0.1) is 6.54 Å². The number of nitrogens with one attached hydrogen (secondary N) is 2. The molecule has 3 nitrogen and oxygen atoms in total. The Morgan fingerprint density at radius 1 is 1.47 bits per heavy atom. The molecule has 1 aromatic heterocycles. The minimum atomic E-state index is -0.177. The zero-order valence-electron chi connectivity index (χ0n) is 8.08. The first-order chi connectivity index (χ1) is 7.31. The molecule has 15 heavy (non-hydrogen) atoms. The number of amides is 1. The SMILES string of the molecule is C#CCNC(=O)c1cc2ccccc2[nH]1. The molecule has 0 aliphatic rings. The molecule has 0 bridgehead atoms. The molecule has 0 unspecified atom stereocenters. The Balaban J connectivity index is 2.29. The predicted molar refractivity (Wildman–Crippen MR) is 59.5 cm³/mol. The van der Waals surface area contributed by atoms with Gasteiger partial charge >= 0.3 is 0 Å². The Bertz CT molecular complexity index is 501. The minimum Gasteiger partial charge on any atom is -0.351 e. The van der Waals surface area contributed by atoms with Crippen LogP contribution < -0.4 is 5.32 Å². The van der Waals surface area contributed by atoms with Crippen molar-refractivity contribution in [3.63, 3.8) is 0 Å². The largest absolute Gasteiger partial charge is 0.351 e. The number of terminal acetylenes is 1. The lowest BCUT2D eigenvalue weighted by atomic mass is 10.2. The summed E-state index contributed by atoms with van der Waals surface area (Å²) in [6.45, 7) is 0.244. The van der Waals surface area contributed by atoms with E-state index in [2.05, 4.69) is 16.2 Å². The van der Waals surface area contributed by atoms with Crippen molar-refractivity contribution in [1.29, 1.82) is 0 Å². The zero-order valence-corrected chi connectivity index (χ0v) is 8.08. The summed E-state index contributed by atoms with van der Waals surface area (Å²) in [5.74, 6) is 2.18. The maximum absolute atomic E-state index is 11.5. The molecular weight excluding hydrogens is 188 g/mol. The van der Waals surface area contributed by atoms with Crippen LogP contribution in [0.3, 0.4) is 0 Å². The van der Waals surface area contributed by atoms with Crippen LogP contribution in [-0.2, 0) is 0 Å².